The van der Waals surface area contributed by atoms with E-state index >= 15 is 0 Å². The van der Waals surface area contributed by atoms with Crippen LogP contribution >= 0.6 is 0 Å². The Kier molecular flexibility index (Phi) is 5.57. The molecule has 2 aliphatic rings. The average molecular weight is 358 g/mol. The van der Waals surface area contributed by atoms with Gasteiger partial charge >= 0.3 is 16.3 Å². The van der Waals surface area contributed by atoms with E-state index in [0.29, 0.717) is 6.42 Å². The van der Waals surface area contributed by atoms with Gasteiger partial charge in [-0.15, -0.1) is 4.31 Å². The molecule has 8 heteroatoms. The number of unbranched alkanes of at least 4 members (excludes halogenated alkanes) is 2. The van der Waals surface area contributed by atoms with Gasteiger partial charge in [0.2, 0.25) is 0 Å². The van der Waals surface area contributed by atoms with Crippen LogP contribution in [0.4, 0.5) is 0 Å². The lowest BCUT2D eigenvalue weighted by atomic mass is 9.83. The number of nitriles is 1. The molecule has 5 unspecified atom stereocenters. The van der Waals surface area contributed by atoms with E-state index in [9.17, 15) is 18.5 Å². The molecule has 24 heavy (non-hydrogen) atoms. The summed E-state index contributed by atoms with van der Waals surface area (Å²) in [4.78, 5) is 11.6. The van der Waals surface area contributed by atoms with Crippen LogP contribution in [0.2, 0.25) is 0 Å². The fourth-order valence-corrected chi connectivity index (χ4v) is 5.53. The molecule has 0 aromatic carbocycles. The molecule has 0 saturated carbocycles. The van der Waals surface area contributed by atoms with Gasteiger partial charge in [0.05, 0.1) is 18.7 Å². The molecule has 0 radical (unpaired) electrons. The van der Waals surface area contributed by atoms with Crippen molar-refractivity contribution in [3.05, 3.63) is 0 Å². The van der Waals surface area contributed by atoms with Gasteiger partial charge in [0.25, 0.3) is 0 Å². The van der Waals surface area contributed by atoms with E-state index in [0.717, 1.165) is 23.6 Å². The first-order valence-corrected chi connectivity index (χ1v) is 9.86. The van der Waals surface area contributed by atoms with Crippen LogP contribution in [0, 0.1) is 23.2 Å². The van der Waals surface area contributed by atoms with Crippen molar-refractivity contribution in [3.63, 3.8) is 0 Å². The van der Waals surface area contributed by atoms with E-state index in [1.54, 1.807) is 0 Å². The maximum Gasteiger partial charge on any atom is 0.340 e. The molecule has 0 spiro atoms. The zero-order chi connectivity index (χ0) is 18.1. The molecule has 0 amide bonds. The predicted molar refractivity (Wildman–Crippen MR) is 86.9 cm³/mol. The Labute approximate surface area is 144 Å². The molecule has 5 atom stereocenters. The second-order valence-corrected chi connectivity index (χ2v) is 8.43. The van der Waals surface area contributed by atoms with E-state index in [2.05, 4.69) is 13.0 Å². The lowest BCUT2D eigenvalue weighted by molar-refractivity contribution is -0.151. The lowest BCUT2D eigenvalue weighted by Gasteiger charge is -2.28. The summed E-state index contributed by atoms with van der Waals surface area (Å²) >= 11 is 0. The van der Waals surface area contributed by atoms with Crippen LogP contribution in [0.25, 0.3) is 0 Å². The van der Waals surface area contributed by atoms with Gasteiger partial charge in [0.15, 0.2) is 5.54 Å². The van der Waals surface area contributed by atoms with Gasteiger partial charge in [-0.2, -0.15) is 13.7 Å². The fourth-order valence-electron chi connectivity index (χ4n) is 3.81. The number of carbonyl (C=O) groups excluding carboxylic acids is 1. The molecule has 7 nitrogen and oxygen atoms in total. The summed E-state index contributed by atoms with van der Waals surface area (Å²) in [6.07, 6.45) is 2.74. The van der Waals surface area contributed by atoms with Crippen molar-refractivity contribution in [2.45, 2.75) is 71.1 Å². The monoisotopic (exact) mass is 358 g/mol. The topological polar surface area (TPSA) is 96.5 Å². The van der Waals surface area contributed by atoms with Crippen molar-refractivity contribution in [2.24, 2.45) is 11.8 Å². The fraction of sp³-hybridized carbons (Fsp3) is 0.875. The predicted octanol–water partition coefficient (Wildman–Crippen LogP) is 1.99. The van der Waals surface area contributed by atoms with Crippen molar-refractivity contribution >= 4 is 16.3 Å². The minimum absolute atomic E-state index is 0.0608. The summed E-state index contributed by atoms with van der Waals surface area (Å²) < 4.78 is 36.6. The molecule has 0 bridgehead atoms. The van der Waals surface area contributed by atoms with Crippen molar-refractivity contribution in [1.29, 1.82) is 5.26 Å². The van der Waals surface area contributed by atoms with Gasteiger partial charge in [-0.1, -0.05) is 40.0 Å². The Hall–Kier alpha value is -1.17. The molecule has 0 aromatic rings. The van der Waals surface area contributed by atoms with Crippen molar-refractivity contribution in [2.75, 3.05) is 6.61 Å². The third-order valence-corrected chi connectivity index (χ3v) is 6.26. The molecule has 2 heterocycles. The summed E-state index contributed by atoms with van der Waals surface area (Å²) in [5, 5.41) is 9.84. The highest BCUT2D eigenvalue weighted by atomic mass is 32.2. The second kappa shape index (κ2) is 6.98. The molecule has 136 valence electrons. The molecular formula is C16H26N2O5S. The van der Waals surface area contributed by atoms with Crippen LogP contribution in [0.3, 0.4) is 0 Å². The third kappa shape index (κ3) is 3.17. The Balaban J connectivity index is 2.42. The Bertz CT molecular complexity index is 627. The molecule has 2 saturated heterocycles. The van der Waals surface area contributed by atoms with Crippen molar-refractivity contribution in [3.8, 4) is 6.07 Å². The normalized spacial score (nSPS) is 37.2. The largest absolute Gasteiger partial charge is 0.459 e. The highest BCUT2D eigenvalue weighted by Gasteiger charge is 2.77. The molecule has 0 aromatic heterocycles. The van der Waals surface area contributed by atoms with Crippen LogP contribution < -0.4 is 0 Å². The molecule has 0 aliphatic carbocycles. The van der Waals surface area contributed by atoms with Crippen molar-refractivity contribution in [1.82, 2.24) is 4.31 Å². The quantitative estimate of drug-likeness (QED) is 0.409. The molecular weight excluding hydrogens is 332 g/mol. The van der Waals surface area contributed by atoms with E-state index in [4.69, 9.17) is 8.92 Å². The maximum atomic E-state index is 12.4. The average Bonchev–Trinajstić information content (AvgIpc) is 3.20. The van der Waals surface area contributed by atoms with Gasteiger partial charge in [-0.3, -0.25) is 8.98 Å². The van der Waals surface area contributed by atoms with E-state index in [-0.39, 0.29) is 18.4 Å². The van der Waals surface area contributed by atoms with Crippen LogP contribution in [-0.4, -0.2) is 43.0 Å². The second-order valence-electron chi connectivity index (χ2n) is 6.95. The standard InChI is InChI=1S/C16H26N2O5S/c1-5-6-7-8-13-9-22-24(20,21)18-14(11(2)3)16(18,10-17)15(13)23-12(4)19/h11,13-15H,5-9H2,1-4H3. The number of ether oxygens (including phenoxy) is 1. The highest BCUT2D eigenvalue weighted by molar-refractivity contribution is 7.84. The Morgan fingerprint density at radius 3 is 2.62 bits per heavy atom. The number of carbonyl (C=O) groups is 1. The summed E-state index contributed by atoms with van der Waals surface area (Å²) in [6, 6.07) is 1.61. The first kappa shape index (κ1) is 19.2. The number of hydrogen-bond donors (Lipinski definition) is 0. The van der Waals surface area contributed by atoms with E-state index < -0.39 is 34.0 Å². The summed E-state index contributed by atoms with van der Waals surface area (Å²) in [5.74, 6) is -0.914. The van der Waals surface area contributed by atoms with Crippen LogP contribution in [0.15, 0.2) is 0 Å². The number of nitrogens with zero attached hydrogens (tertiary/aromatic N) is 2. The zero-order valence-electron chi connectivity index (χ0n) is 14.7. The molecule has 0 N–H and O–H groups in total. The highest BCUT2D eigenvalue weighted by Crippen LogP contribution is 2.55. The van der Waals surface area contributed by atoms with Gasteiger partial charge < -0.3 is 4.74 Å². The van der Waals surface area contributed by atoms with Gasteiger partial charge in [0.1, 0.15) is 6.10 Å². The molecule has 2 fully saturated rings. The first-order valence-electron chi connectivity index (χ1n) is 8.49. The number of fused-ring (bicyclic) bond motifs is 1. The van der Waals surface area contributed by atoms with Gasteiger partial charge in [-0.25, -0.2) is 0 Å². The van der Waals surface area contributed by atoms with Crippen molar-refractivity contribution < 1.29 is 22.1 Å². The van der Waals surface area contributed by atoms with E-state index in [1.165, 1.54) is 6.92 Å². The minimum Gasteiger partial charge on any atom is -0.459 e. The minimum atomic E-state index is -4.00. The van der Waals surface area contributed by atoms with Gasteiger partial charge in [0, 0.05) is 12.8 Å². The maximum absolute atomic E-state index is 12.4. The lowest BCUT2D eigenvalue weighted by Crippen LogP contribution is -2.43. The zero-order valence-corrected chi connectivity index (χ0v) is 15.5. The molecule has 2 aliphatic heterocycles. The first-order chi connectivity index (χ1) is 11.2. The number of esters is 1. The number of rotatable bonds is 6. The number of hydrogen-bond acceptors (Lipinski definition) is 6. The summed E-state index contributed by atoms with van der Waals surface area (Å²) in [5.41, 5.74) is -1.36. The van der Waals surface area contributed by atoms with Crippen LogP contribution in [-0.2, 0) is 24.0 Å². The molecule has 2 rings (SSSR count). The Morgan fingerprint density at radius 1 is 1.46 bits per heavy atom. The van der Waals surface area contributed by atoms with E-state index in [1.807, 2.05) is 13.8 Å². The van der Waals surface area contributed by atoms with Gasteiger partial charge in [-0.05, 0) is 12.3 Å². The summed E-state index contributed by atoms with van der Waals surface area (Å²) in [7, 11) is -4.00. The van der Waals surface area contributed by atoms with Crippen LogP contribution in [0.1, 0.15) is 53.4 Å². The SMILES string of the molecule is CCCCCC1COS(=O)(=O)N2C(C(C)C)C2(C#N)C1OC(C)=O. The summed E-state index contributed by atoms with van der Waals surface area (Å²) in [6.45, 7) is 7.00. The Morgan fingerprint density at radius 2 is 2.12 bits per heavy atom. The third-order valence-electron chi connectivity index (χ3n) is 4.82. The van der Waals surface area contributed by atoms with Crippen LogP contribution in [0.5, 0.6) is 0 Å². The smallest absolute Gasteiger partial charge is 0.340 e.